The summed E-state index contributed by atoms with van der Waals surface area (Å²) in [6.07, 6.45) is 1.81. The summed E-state index contributed by atoms with van der Waals surface area (Å²) in [5.74, 6) is 0.142. The summed E-state index contributed by atoms with van der Waals surface area (Å²) in [7, 11) is 0. The van der Waals surface area contributed by atoms with Gasteiger partial charge in [0.05, 0.1) is 6.04 Å². The number of likely N-dealkylation sites (N-methyl/N-ethyl adjacent to an activating group) is 1. The molecule has 1 aromatic heterocycles. The minimum absolute atomic E-state index is 0.139. The third kappa shape index (κ3) is 2.24. The van der Waals surface area contributed by atoms with Crippen molar-refractivity contribution in [2.75, 3.05) is 6.54 Å². The standard InChI is InChI=1S/C14H18N2O/c1-4-15-10(3)14(17)12-8-16-13-6-5-9(2)7-11(12)13/h5-8,10,15-16H,4H2,1-3H3. The quantitative estimate of drug-likeness (QED) is 0.793. The predicted molar refractivity (Wildman–Crippen MR) is 70.5 cm³/mol. The van der Waals surface area contributed by atoms with Crippen LogP contribution in [-0.4, -0.2) is 23.4 Å². The number of aryl methyl sites for hydroxylation is 1. The molecule has 0 aliphatic carbocycles. The molecular weight excluding hydrogens is 212 g/mol. The number of hydrogen-bond acceptors (Lipinski definition) is 2. The Balaban J connectivity index is 2.41. The van der Waals surface area contributed by atoms with Crippen molar-refractivity contribution in [2.45, 2.75) is 26.8 Å². The van der Waals surface area contributed by atoms with Gasteiger partial charge in [-0.25, -0.2) is 0 Å². The van der Waals surface area contributed by atoms with E-state index in [-0.39, 0.29) is 11.8 Å². The third-order valence-corrected chi connectivity index (χ3v) is 3.01. The van der Waals surface area contributed by atoms with Gasteiger partial charge in [0.2, 0.25) is 0 Å². The van der Waals surface area contributed by atoms with E-state index < -0.39 is 0 Å². The van der Waals surface area contributed by atoms with Gasteiger partial charge in [0.1, 0.15) is 0 Å². The van der Waals surface area contributed by atoms with E-state index in [0.717, 1.165) is 23.0 Å². The Hall–Kier alpha value is -1.61. The number of carbonyl (C=O) groups excluding carboxylic acids is 1. The number of nitrogens with one attached hydrogen (secondary N) is 2. The van der Waals surface area contributed by atoms with Gasteiger partial charge < -0.3 is 10.3 Å². The highest BCUT2D eigenvalue weighted by Crippen LogP contribution is 2.20. The molecular formula is C14H18N2O. The van der Waals surface area contributed by atoms with Gasteiger partial charge in [-0.05, 0) is 32.5 Å². The van der Waals surface area contributed by atoms with Crippen LogP contribution in [0.15, 0.2) is 24.4 Å². The summed E-state index contributed by atoms with van der Waals surface area (Å²) in [4.78, 5) is 15.4. The highest BCUT2D eigenvalue weighted by molar-refractivity contribution is 6.10. The number of benzene rings is 1. The predicted octanol–water partition coefficient (Wildman–Crippen LogP) is 2.66. The number of Topliss-reactive ketones (excluding diaryl/α,β-unsaturated/α-hetero) is 1. The van der Waals surface area contributed by atoms with E-state index in [4.69, 9.17) is 0 Å². The fourth-order valence-electron chi connectivity index (χ4n) is 2.07. The van der Waals surface area contributed by atoms with Gasteiger partial charge in [-0.1, -0.05) is 18.6 Å². The fourth-order valence-corrected chi connectivity index (χ4v) is 2.07. The lowest BCUT2D eigenvalue weighted by molar-refractivity contribution is 0.0953. The molecule has 3 nitrogen and oxygen atoms in total. The van der Waals surface area contributed by atoms with Crippen molar-refractivity contribution < 1.29 is 4.79 Å². The first-order valence-corrected chi connectivity index (χ1v) is 5.98. The minimum Gasteiger partial charge on any atom is -0.360 e. The Bertz CT molecular complexity index is 542. The molecule has 0 fully saturated rings. The summed E-state index contributed by atoms with van der Waals surface area (Å²) in [5, 5.41) is 4.16. The van der Waals surface area contributed by atoms with Crippen LogP contribution in [0.2, 0.25) is 0 Å². The van der Waals surface area contributed by atoms with E-state index in [1.54, 1.807) is 6.20 Å². The normalized spacial score (nSPS) is 12.9. The number of fused-ring (bicyclic) bond motifs is 1. The lowest BCUT2D eigenvalue weighted by atomic mass is 10.0. The number of H-pyrrole nitrogens is 1. The molecule has 1 atom stereocenters. The summed E-state index contributed by atoms with van der Waals surface area (Å²) in [6.45, 7) is 6.74. The van der Waals surface area contributed by atoms with Crippen molar-refractivity contribution in [3.63, 3.8) is 0 Å². The average Bonchev–Trinajstić information content (AvgIpc) is 2.71. The van der Waals surface area contributed by atoms with Crippen LogP contribution >= 0.6 is 0 Å². The van der Waals surface area contributed by atoms with E-state index in [2.05, 4.69) is 16.4 Å². The van der Waals surface area contributed by atoms with Crippen molar-refractivity contribution in [1.82, 2.24) is 10.3 Å². The summed E-state index contributed by atoms with van der Waals surface area (Å²) >= 11 is 0. The van der Waals surface area contributed by atoms with E-state index in [0.29, 0.717) is 0 Å². The Morgan fingerprint density at radius 2 is 2.24 bits per heavy atom. The van der Waals surface area contributed by atoms with E-state index >= 15 is 0 Å². The zero-order valence-corrected chi connectivity index (χ0v) is 10.5. The second-order valence-corrected chi connectivity index (χ2v) is 4.40. The molecule has 0 aliphatic rings. The van der Waals surface area contributed by atoms with E-state index in [9.17, 15) is 4.79 Å². The molecule has 2 N–H and O–H groups in total. The van der Waals surface area contributed by atoms with E-state index in [1.807, 2.05) is 32.9 Å². The third-order valence-electron chi connectivity index (χ3n) is 3.01. The second-order valence-electron chi connectivity index (χ2n) is 4.40. The molecule has 0 bridgehead atoms. The SMILES string of the molecule is CCNC(C)C(=O)c1c[nH]c2ccc(C)cc12. The van der Waals surface area contributed by atoms with Crippen LogP contribution in [0.3, 0.4) is 0 Å². The lowest BCUT2D eigenvalue weighted by Gasteiger charge is -2.10. The molecule has 0 saturated carbocycles. The summed E-state index contributed by atoms with van der Waals surface area (Å²) in [6, 6.07) is 5.97. The van der Waals surface area contributed by atoms with Crippen molar-refractivity contribution in [3.05, 3.63) is 35.5 Å². The molecule has 1 heterocycles. The maximum Gasteiger partial charge on any atom is 0.181 e. The Morgan fingerprint density at radius 1 is 1.47 bits per heavy atom. The Kier molecular flexibility index (Phi) is 3.29. The minimum atomic E-state index is -0.139. The summed E-state index contributed by atoms with van der Waals surface area (Å²) < 4.78 is 0. The average molecular weight is 230 g/mol. The first kappa shape index (κ1) is 11.9. The number of rotatable bonds is 4. The van der Waals surface area contributed by atoms with Crippen LogP contribution in [-0.2, 0) is 0 Å². The molecule has 0 amide bonds. The van der Waals surface area contributed by atoms with Crippen LogP contribution in [0.5, 0.6) is 0 Å². The zero-order valence-electron chi connectivity index (χ0n) is 10.5. The van der Waals surface area contributed by atoms with Crippen LogP contribution in [0.1, 0.15) is 29.8 Å². The highest BCUT2D eigenvalue weighted by atomic mass is 16.1. The van der Waals surface area contributed by atoms with Crippen LogP contribution in [0.4, 0.5) is 0 Å². The van der Waals surface area contributed by atoms with Gasteiger partial charge >= 0.3 is 0 Å². The number of ketones is 1. The maximum absolute atomic E-state index is 12.2. The first-order valence-electron chi connectivity index (χ1n) is 5.98. The van der Waals surface area contributed by atoms with Crippen LogP contribution < -0.4 is 5.32 Å². The van der Waals surface area contributed by atoms with Crippen LogP contribution in [0.25, 0.3) is 10.9 Å². The summed E-state index contributed by atoms with van der Waals surface area (Å²) in [5.41, 5.74) is 2.96. The molecule has 90 valence electrons. The highest BCUT2D eigenvalue weighted by Gasteiger charge is 2.17. The van der Waals surface area contributed by atoms with Gasteiger partial charge in [-0.2, -0.15) is 0 Å². The van der Waals surface area contributed by atoms with Crippen molar-refractivity contribution in [1.29, 1.82) is 0 Å². The molecule has 0 aliphatic heterocycles. The van der Waals surface area contributed by atoms with Crippen molar-refractivity contribution >= 4 is 16.7 Å². The topological polar surface area (TPSA) is 44.9 Å². The molecule has 1 aromatic carbocycles. The number of aromatic amines is 1. The second kappa shape index (κ2) is 4.72. The zero-order chi connectivity index (χ0) is 12.4. The Labute approximate surface area is 101 Å². The molecule has 17 heavy (non-hydrogen) atoms. The Morgan fingerprint density at radius 3 is 2.94 bits per heavy atom. The molecule has 1 unspecified atom stereocenters. The number of carbonyl (C=O) groups is 1. The van der Waals surface area contributed by atoms with Crippen molar-refractivity contribution in [2.24, 2.45) is 0 Å². The number of hydrogen-bond donors (Lipinski definition) is 2. The van der Waals surface area contributed by atoms with Gasteiger partial charge in [-0.3, -0.25) is 4.79 Å². The molecule has 0 radical (unpaired) electrons. The molecule has 2 rings (SSSR count). The largest absolute Gasteiger partial charge is 0.360 e. The van der Waals surface area contributed by atoms with E-state index in [1.165, 1.54) is 5.56 Å². The van der Waals surface area contributed by atoms with Crippen molar-refractivity contribution in [3.8, 4) is 0 Å². The monoisotopic (exact) mass is 230 g/mol. The van der Waals surface area contributed by atoms with Gasteiger partial charge in [0, 0.05) is 22.7 Å². The smallest absolute Gasteiger partial charge is 0.181 e. The molecule has 3 heteroatoms. The fraction of sp³-hybridized carbons (Fsp3) is 0.357. The molecule has 0 spiro atoms. The maximum atomic E-state index is 12.2. The first-order chi connectivity index (χ1) is 8.13. The molecule has 2 aromatic rings. The van der Waals surface area contributed by atoms with Gasteiger partial charge in [-0.15, -0.1) is 0 Å². The molecule has 0 saturated heterocycles. The van der Waals surface area contributed by atoms with Crippen LogP contribution in [0, 0.1) is 6.92 Å². The lowest BCUT2D eigenvalue weighted by Crippen LogP contribution is -2.33. The van der Waals surface area contributed by atoms with Gasteiger partial charge in [0.15, 0.2) is 5.78 Å². The van der Waals surface area contributed by atoms with Gasteiger partial charge in [0.25, 0.3) is 0 Å². The number of aromatic nitrogens is 1.